The van der Waals surface area contributed by atoms with E-state index in [1.54, 1.807) is 39.1 Å². The minimum Gasteiger partial charge on any atom is -0.352 e. The number of rotatable bonds is 5. The third-order valence-corrected chi connectivity index (χ3v) is 5.55. The van der Waals surface area contributed by atoms with Gasteiger partial charge in [-0.05, 0) is 42.7 Å². The number of carbonyl (C=O) groups excluding carboxylic acids is 2. The van der Waals surface area contributed by atoms with Gasteiger partial charge in [-0.2, -0.15) is 18.3 Å². The molecule has 1 fully saturated rings. The lowest BCUT2D eigenvalue weighted by Crippen LogP contribution is -2.34. The Hall–Kier alpha value is -3.36. The molecular weight excluding hydrogens is 433 g/mol. The molecule has 0 atom stereocenters. The van der Waals surface area contributed by atoms with Gasteiger partial charge in [0.15, 0.2) is 0 Å². The minimum absolute atomic E-state index is 0.0122. The zero-order valence-electron chi connectivity index (χ0n) is 18.6. The van der Waals surface area contributed by atoms with Crippen molar-refractivity contribution in [1.82, 2.24) is 15.1 Å². The molecule has 3 aromatic rings. The van der Waals surface area contributed by atoms with Crippen molar-refractivity contribution < 1.29 is 22.8 Å². The first-order valence-corrected chi connectivity index (χ1v) is 10.7. The van der Waals surface area contributed by atoms with E-state index < -0.39 is 28.6 Å². The number of hydrogen-bond donors (Lipinski definition) is 2. The van der Waals surface area contributed by atoms with Crippen molar-refractivity contribution in [3.63, 3.8) is 0 Å². The number of halogens is 3. The summed E-state index contributed by atoms with van der Waals surface area (Å²) < 4.78 is 42.8. The summed E-state index contributed by atoms with van der Waals surface area (Å²) in [6.45, 7) is 5.22. The molecule has 0 radical (unpaired) electrons. The highest BCUT2D eigenvalue weighted by molar-refractivity contribution is 6.09. The fourth-order valence-corrected chi connectivity index (χ4v) is 3.56. The quantitative estimate of drug-likeness (QED) is 0.545. The molecule has 1 heterocycles. The Labute approximate surface area is 189 Å². The Morgan fingerprint density at radius 1 is 1.12 bits per heavy atom. The lowest BCUT2D eigenvalue weighted by Gasteiger charge is -2.19. The second-order valence-corrected chi connectivity index (χ2v) is 9.32. The Balaban J connectivity index is 1.63. The number of nitrogens with zero attached hydrogens (tertiary/aromatic N) is 2. The van der Waals surface area contributed by atoms with Crippen LogP contribution in [-0.2, 0) is 17.5 Å². The summed E-state index contributed by atoms with van der Waals surface area (Å²) >= 11 is 0. The van der Waals surface area contributed by atoms with Gasteiger partial charge in [-0.1, -0.05) is 32.9 Å². The predicted octanol–water partition coefficient (Wildman–Crippen LogP) is 5.30. The van der Waals surface area contributed by atoms with Crippen LogP contribution in [0.1, 0.15) is 61.1 Å². The highest BCUT2D eigenvalue weighted by atomic mass is 19.4. The molecule has 4 rings (SSSR count). The molecule has 0 unspecified atom stereocenters. The third-order valence-electron chi connectivity index (χ3n) is 5.55. The van der Waals surface area contributed by atoms with Crippen molar-refractivity contribution in [2.45, 2.75) is 52.4 Å². The summed E-state index contributed by atoms with van der Waals surface area (Å²) in [5.74, 6) is -1.12. The third kappa shape index (κ3) is 4.86. The van der Waals surface area contributed by atoms with Gasteiger partial charge >= 0.3 is 6.18 Å². The Morgan fingerprint density at radius 3 is 2.48 bits per heavy atom. The van der Waals surface area contributed by atoms with Crippen LogP contribution in [0.2, 0.25) is 0 Å². The van der Waals surface area contributed by atoms with Crippen LogP contribution in [0.4, 0.5) is 18.9 Å². The Morgan fingerprint density at radius 2 is 1.85 bits per heavy atom. The first kappa shape index (κ1) is 22.8. The van der Waals surface area contributed by atoms with E-state index >= 15 is 0 Å². The van der Waals surface area contributed by atoms with Crippen molar-refractivity contribution in [3.8, 4) is 0 Å². The number of fused-ring (bicyclic) bond motifs is 1. The van der Waals surface area contributed by atoms with Gasteiger partial charge in [-0.3, -0.25) is 14.3 Å². The van der Waals surface area contributed by atoms with Crippen molar-refractivity contribution in [3.05, 3.63) is 59.3 Å². The molecule has 2 N–H and O–H groups in total. The van der Waals surface area contributed by atoms with E-state index in [2.05, 4.69) is 15.7 Å². The van der Waals surface area contributed by atoms with E-state index in [1.165, 1.54) is 12.1 Å². The fourth-order valence-electron chi connectivity index (χ4n) is 3.56. The molecule has 1 aliphatic rings. The lowest BCUT2D eigenvalue weighted by molar-refractivity contribution is -0.138. The summed E-state index contributed by atoms with van der Waals surface area (Å²) in [5, 5.41) is 10.4. The van der Waals surface area contributed by atoms with Gasteiger partial charge in [-0.15, -0.1) is 0 Å². The van der Waals surface area contributed by atoms with Crippen molar-refractivity contribution in [1.29, 1.82) is 0 Å². The van der Waals surface area contributed by atoms with Gasteiger partial charge < -0.3 is 10.6 Å². The summed E-state index contributed by atoms with van der Waals surface area (Å²) in [6, 6.07) is 8.89. The molecule has 1 saturated carbocycles. The average molecular weight is 458 g/mol. The lowest BCUT2D eigenvalue weighted by atomic mass is 9.95. The molecule has 174 valence electrons. The predicted molar refractivity (Wildman–Crippen MR) is 119 cm³/mol. The van der Waals surface area contributed by atoms with E-state index in [0.717, 1.165) is 24.4 Å². The van der Waals surface area contributed by atoms with Gasteiger partial charge in [0.2, 0.25) is 5.91 Å². The van der Waals surface area contributed by atoms with E-state index in [0.29, 0.717) is 22.7 Å². The number of alkyl halides is 3. The highest BCUT2D eigenvalue weighted by Gasteiger charge is 2.35. The van der Waals surface area contributed by atoms with Crippen LogP contribution in [-0.4, -0.2) is 21.6 Å². The van der Waals surface area contributed by atoms with Crippen LogP contribution < -0.4 is 10.6 Å². The molecule has 0 saturated heterocycles. The number of amides is 2. The standard InChI is InChI=1S/C24H25F3N4O2/c1-23(2,3)22(33)28-12-14-7-10-18(24(25,26)27)16(11-14)21(32)30-19-5-4-6-20-17(19)13-29-31(20)15-8-9-15/h4-7,10-11,13,15H,8-9,12H2,1-3H3,(H,28,33)(H,30,32). The fraction of sp³-hybridized carbons (Fsp3) is 0.375. The maximum Gasteiger partial charge on any atom is 0.417 e. The molecule has 1 aliphatic carbocycles. The van der Waals surface area contributed by atoms with Gasteiger partial charge in [-0.25, -0.2) is 0 Å². The Kier molecular flexibility index (Phi) is 5.67. The molecule has 0 bridgehead atoms. The number of nitrogens with one attached hydrogen (secondary N) is 2. The second kappa shape index (κ2) is 8.20. The number of benzene rings is 2. The minimum atomic E-state index is -4.71. The maximum atomic E-state index is 13.6. The van der Waals surface area contributed by atoms with Crippen LogP contribution >= 0.6 is 0 Å². The molecule has 1 aromatic heterocycles. The van der Waals surface area contributed by atoms with E-state index in [-0.39, 0.29) is 12.5 Å². The monoisotopic (exact) mass is 458 g/mol. The van der Waals surface area contributed by atoms with E-state index in [9.17, 15) is 22.8 Å². The zero-order valence-corrected chi connectivity index (χ0v) is 18.6. The zero-order chi connectivity index (χ0) is 24.0. The molecular formula is C24H25F3N4O2. The molecule has 9 heteroatoms. The SMILES string of the molecule is CC(C)(C)C(=O)NCc1ccc(C(F)(F)F)c(C(=O)Nc2cccc3c2cnn3C2CC2)c1. The topological polar surface area (TPSA) is 76.0 Å². The molecule has 0 spiro atoms. The average Bonchev–Trinajstić information content (AvgIpc) is 3.49. The number of aromatic nitrogens is 2. The van der Waals surface area contributed by atoms with Crippen LogP contribution in [0.3, 0.4) is 0 Å². The molecule has 6 nitrogen and oxygen atoms in total. The second-order valence-electron chi connectivity index (χ2n) is 9.32. The van der Waals surface area contributed by atoms with Crippen LogP contribution in [0.15, 0.2) is 42.6 Å². The summed E-state index contributed by atoms with van der Waals surface area (Å²) in [6.07, 6.45) is -1.03. The Bertz CT molecular complexity index is 1220. The number of hydrogen-bond acceptors (Lipinski definition) is 3. The van der Waals surface area contributed by atoms with Gasteiger partial charge in [0.05, 0.1) is 34.6 Å². The maximum absolute atomic E-state index is 13.6. The van der Waals surface area contributed by atoms with Gasteiger partial charge in [0.25, 0.3) is 5.91 Å². The summed E-state index contributed by atoms with van der Waals surface area (Å²) in [5.41, 5.74) is -0.571. The summed E-state index contributed by atoms with van der Waals surface area (Å²) in [7, 11) is 0. The number of carbonyl (C=O) groups is 2. The summed E-state index contributed by atoms with van der Waals surface area (Å²) in [4.78, 5) is 25.1. The van der Waals surface area contributed by atoms with Crippen molar-refractivity contribution in [2.75, 3.05) is 5.32 Å². The normalized spacial score (nSPS) is 14.4. The smallest absolute Gasteiger partial charge is 0.352 e. The number of anilines is 1. The van der Waals surface area contributed by atoms with Crippen LogP contribution in [0.5, 0.6) is 0 Å². The first-order chi connectivity index (χ1) is 15.4. The first-order valence-electron chi connectivity index (χ1n) is 10.7. The molecule has 33 heavy (non-hydrogen) atoms. The van der Waals surface area contributed by atoms with Gasteiger partial charge in [0, 0.05) is 17.3 Å². The molecule has 0 aliphatic heterocycles. The van der Waals surface area contributed by atoms with Crippen LogP contribution in [0, 0.1) is 5.41 Å². The molecule has 2 aromatic carbocycles. The van der Waals surface area contributed by atoms with E-state index in [1.807, 2.05) is 10.7 Å². The highest BCUT2D eigenvalue weighted by Crippen LogP contribution is 2.38. The van der Waals surface area contributed by atoms with Crippen molar-refractivity contribution in [2.24, 2.45) is 5.41 Å². The van der Waals surface area contributed by atoms with Gasteiger partial charge in [0.1, 0.15) is 0 Å². The van der Waals surface area contributed by atoms with E-state index in [4.69, 9.17) is 0 Å². The molecule has 2 amide bonds. The van der Waals surface area contributed by atoms with Crippen molar-refractivity contribution >= 4 is 28.4 Å². The largest absolute Gasteiger partial charge is 0.417 e. The van der Waals surface area contributed by atoms with Crippen LogP contribution in [0.25, 0.3) is 10.9 Å².